The van der Waals surface area contributed by atoms with E-state index in [1.807, 2.05) is 0 Å². The largest absolute Gasteiger partial charge is 0.382 e. The molecule has 0 fully saturated rings. The molecule has 0 amide bonds. The summed E-state index contributed by atoms with van der Waals surface area (Å²) in [5.74, 6) is 0. The molecule has 0 spiro atoms. The predicted octanol–water partition coefficient (Wildman–Crippen LogP) is 3.76. The molecule has 1 nitrogen and oxygen atoms in total. The molecule has 0 saturated heterocycles. The Balaban J connectivity index is 2.47. The zero-order chi connectivity index (χ0) is 10.1. The second-order valence-electron chi connectivity index (χ2n) is 4.04. The van der Waals surface area contributed by atoms with Crippen LogP contribution >= 0.6 is 15.9 Å². The third kappa shape index (κ3) is 1.81. The van der Waals surface area contributed by atoms with Crippen molar-refractivity contribution in [3.63, 3.8) is 0 Å². The zero-order valence-corrected chi connectivity index (χ0v) is 10.3. The molecular formula is C12H16BrN. The van der Waals surface area contributed by atoms with E-state index in [0.29, 0.717) is 6.04 Å². The van der Waals surface area contributed by atoms with Gasteiger partial charge in [0.05, 0.1) is 0 Å². The van der Waals surface area contributed by atoms with E-state index in [-0.39, 0.29) is 0 Å². The van der Waals surface area contributed by atoms with Gasteiger partial charge in [0, 0.05) is 16.2 Å². The molecule has 0 bridgehead atoms. The Hall–Kier alpha value is -0.500. The molecule has 76 valence electrons. The van der Waals surface area contributed by atoms with Crippen molar-refractivity contribution in [2.45, 2.75) is 39.2 Å². The van der Waals surface area contributed by atoms with Crippen LogP contribution in [0.25, 0.3) is 0 Å². The lowest BCUT2D eigenvalue weighted by molar-refractivity contribution is 0.678. The van der Waals surface area contributed by atoms with Gasteiger partial charge in [-0.2, -0.15) is 0 Å². The number of fused-ring (bicyclic) bond motifs is 1. The van der Waals surface area contributed by atoms with Crippen LogP contribution < -0.4 is 5.32 Å². The number of nitrogens with one attached hydrogen (secondary N) is 1. The molecule has 1 heterocycles. The van der Waals surface area contributed by atoms with Crippen LogP contribution in [0.5, 0.6) is 0 Å². The first-order valence-electron chi connectivity index (χ1n) is 5.28. The number of rotatable bonds is 1. The fourth-order valence-corrected chi connectivity index (χ4v) is 2.63. The van der Waals surface area contributed by atoms with E-state index in [9.17, 15) is 0 Å². The summed E-state index contributed by atoms with van der Waals surface area (Å²) in [6.07, 6.45) is 3.55. The van der Waals surface area contributed by atoms with Crippen molar-refractivity contribution >= 4 is 21.6 Å². The maximum atomic E-state index is 3.59. The lowest BCUT2D eigenvalue weighted by atomic mass is 9.95. The molecule has 1 aliphatic rings. The Morgan fingerprint density at radius 1 is 1.50 bits per heavy atom. The van der Waals surface area contributed by atoms with Gasteiger partial charge in [0.1, 0.15) is 0 Å². The normalized spacial score (nSPS) is 20.1. The highest BCUT2D eigenvalue weighted by Crippen LogP contribution is 2.31. The van der Waals surface area contributed by atoms with Crippen molar-refractivity contribution in [3.8, 4) is 0 Å². The quantitative estimate of drug-likeness (QED) is 0.804. The minimum atomic E-state index is 0.619. The van der Waals surface area contributed by atoms with E-state index >= 15 is 0 Å². The molecule has 1 aromatic carbocycles. The predicted molar refractivity (Wildman–Crippen MR) is 64.9 cm³/mol. The topological polar surface area (TPSA) is 12.0 Å². The highest BCUT2D eigenvalue weighted by atomic mass is 79.9. The molecule has 0 aliphatic carbocycles. The van der Waals surface area contributed by atoms with Gasteiger partial charge in [-0.3, -0.25) is 0 Å². The molecule has 1 N–H and O–H groups in total. The van der Waals surface area contributed by atoms with Crippen LogP contribution in [0.1, 0.15) is 31.4 Å². The van der Waals surface area contributed by atoms with Crippen molar-refractivity contribution in [1.82, 2.24) is 0 Å². The molecule has 1 aliphatic heterocycles. The monoisotopic (exact) mass is 253 g/mol. The second-order valence-corrected chi connectivity index (χ2v) is 4.95. The summed E-state index contributed by atoms with van der Waals surface area (Å²) in [6.45, 7) is 4.47. The Bertz CT molecular complexity index is 329. The van der Waals surface area contributed by atoms with Gasteiger partial charge < -0.3 is 5.32 Å². The highest BCUT2D eigenvalue weighted by molar-refractivity contribution is 9.10. The van der Waals surface area contributed by atoms with Gasteiger partial charge in [0.25, 0.3) is 0 Å². The Kier molecular flexibility index (Phi) is 2.82. The highest BCUT2D eigenvalue weighted by Gasteiger charge is 2.16. The van der Waals surface area contributed by atoms with E-state index in [4.69, 9.17) is 0 Å². The number of benzene rings is 1. The molecule has 0 aromatic heterocycles. The standard InChI is InChI=1S/C12H16BrN/c1-3-9-6-11(13)7-10-5-4-8(2)14-12(9)10/h6-8,14H,3-5H2,1-2H3. The molecule has 1 atom stereocenters. The summed E-state index contributed by atoms with van der Waals surface area (Å²) in [4.78, 5) is 0. The van der Waals surface area contributed by atoms with E-state index in [1.54, 1.807) is 0 Å². The Morgan fingerprint density at radius 2 is 2.29 bits per heavy atom. The van der Waals surface area contributed by atoms with Gasteiger partial charge in [-0.1, -0.05) is 22.9 Å². The molecule has 2 heteroatoms. The van der Waals surface area contributed by atoms with E-state index < -0.39 is 0 Å². The Labute approximate surface area is 94.0 Å². The summed E-state index contributed by atoms with van der Waals surface area (Å²) >= 11 is 3.57. The zero-order valence-electron chi connectivity index (χ0n) is 8.73. The maximum Gasteiger partial charge on any atom is 0.0408 e. The summed E-state index contributed by atoms with van der Waals surface area (Å²) in [5.41, 5.74) is 4.28. The summed E-state index contributed by atoms with van der Waals surface area (Å²) in [6, 6.07) is 5.09. The number of anilines is 1. The molecule has 1 aromatic rings. The van der Waals surface area contributed by atoms with E-state index in [2.05, 4.69) is 47.2 Å². The lowest BCUT2D eigenvalue weighted by Crippen LogP contribution is -2.23. The van der Waals surface area contributed by atoms with Crippen LogP contribution in [0.3, 0.4) is 0 Å². The maximum absolute atomic E-state index is 3.59. The molecule has 1 unspecified atom stereocenters. The lowest BCUT2D eigenvalue weighted by Gasteiger charge is -2.26. The second kappa shape index (κ2) is 3.93. The first kappa shape index (κ1) is 10.0. The van der Waals surface area contributed by atoms with Crippen LogP contribution in [-0.2, 0) is 12.8 Å². The van der Waals surface area contributed by atoms with E-state index in [1.165, 1.54) is 34.1 Å². The third-order valence-electron chi connectivity index (χ3n) is 2.88. The minimum Gasteiger partial charge on any atom is -0.382 e. The molecule has 0 radical (unpaired) electrons. The van der Waals surface area contributed by atoms with Crippen molar-refractivity contribution < 1.29 is 0 Å². The van der Waals surface area contributed by atoms with Crippen LogP contribution in [0.2, 0.25) is 0 Å². The number of hydrogen-bond acceptors (Lipinski definition) is 1. The van der Waals surface area contributed by atoms with Crippen molar-refractivity contribution in [2.24, 2.45) is 0 Å². The minimum absolute atomic E-state index is 0.619. The smallest absolute Gasteiger partial charge is 0.0408 e. The first-order chi connectivity index (χ1) is 6.70. The molecule has 0 saturated carbocycles. The molecule has 2 rings (SSSR count). The van der Waals surface area contributed by atoms with Gasteiger partial charge in [0.15, 0.2) is 0 Å². The van der Waals surface area contributed by atoms with Crippen molar-refractivity contribution in [1.29, 1.82) is 0 Å². The van der Waals surface area contributed by atoms with Crippen molar-refractivity contribution in [2.75, 3.05) is 5.32 Å². The number of halogens is 1. The van der Waals surface area contributed by atoms with E-state index in [0.717, 1.165) is 6.42 Å². The average molecular weight is 254 g/mol. The number of aryl methyl sites for hydroxylation is 2. The Morgan fingerprint density at radius 3 is 3.00 bits per heavy atom. The van der Waals surface area contributed by atoms with Crippen molar-refractivity contribution in [3.05, 3.63) is 27.7 Å². The van der Waals surface area contributed by atoms with Gasteiger partial charge in [-0.05, 0) is 49.4 Å². The summed E-state index contributed by atoms with van der Waals surface area (Å²) < 4.78 is 1.21. The average Bonchev–Trinajstić information content (AvgIpc) is 2.17. The van der Waals surface area contributed by atoms with Gasteiger partial charge >= 0.3 is 0 Å². The van der Waals surface area contributed by atoms with Crippen LogP contribution in [0.4, 0.5) is 5.69 Å². The number of hydrogen-bond donors (Lipinski definition) is 1. The fraction of sp³-hybridized carbons (Fsp3) is 0.500. The van der Waals surface area contributed by atoms with Gasteiger partial charge in [0.2, 0.25) is 0 Å². The SMILES string of the molecule is CCc1cc(Br)cc2c1NC(C)CC2. The first-order valence-corrected chi connectivity index (χ1v) is 6.08. The molecule has 14 heavy (non-hydrogen) atoms. The third-order valence-corrected chi connectivity index (χ3v) is 3.34. The fourth-order valence-electron chi connectivity index (χ4n) is 2.08. The van der Waals surface area contributed by atoms with Crippen LogP contribution in [-0.4, -0.2) is 6.04 Å². The summed E-state index contributed by atoms with van der Waals surface area (Å²) in [7, 11) is 0. The molecular weight excluding hydrogens is 238 g/mol. The van der Waals surface area contributed by atoms with Gasteiger partial charge in [-0.15, -0.1) is 0 Å². The van der Waals surface area contributed by atoms with Crippen LogP contribution in [0.15, 0.2) is 16.6 Å². The summed E-state index contributed by atoms with van der Waals surface area (Å²) in [5, 5.41) is 3.59. The van der Waals surface area contributed by atoms with Gasteiger partial charge in [-0.25, -0.2) is 0 Å². The van der Waals surface area contributed by atoms with Crippen LogP contribution in [0, 0.1) is 0 Å².